The molecule has 1 aliphatic rings. The maximum Gasteiger partial charge on any atom is 0.0406 e. The predicted octanol–water partition coefficient (Wildman–Crippen LogP) is 8.16. The molecular formula is C26H33Cl. The van der Waals surface area contributed by atoms with Crippen LogP contribution in [0.25, 0.3) is 5.57 Å². The van der Waals surface area contributed by atoms with Gasteiger partial charge in [-0.15, -0.1) is 0 Å². The van der Waals surface area contributed by atoms with Crippen LogP contribution in [0.2, 0.25) is 5.02 Å². The largest absolute Gasteiger partial charge is 0.0843 e. The van der Waals surface area contributed by atoms with Crippen LogP contribution in [0, 0.1) is 0 Å². The minimum atomic E-state index is 0.210. The molecule has 0 saturated heterocycles. The lowest BCUT2D eigenvalue weighted by Gasteiger charge is -2.24. The van der Waals surface area contributed by atoms with Crippen molar-refractivity contribution in [3.05, 3.63) is 75.3 Å². The van der Waals surface area contributed by atoms with Crippen LogP contribution < -0.4 is 0 Å². The van der Waals surface area contributed by atoms with Crippen LogP contribution in [0.15, 0.2) is 48.0 Å². The molecule has 1 aliphatic carbocycles. The van der Waals surface area contributed by atoms with Crippen molar-refractivity contribution in [1.82, 2.24) is 0 Å². The predicted molar refractivity (Wildman–Crippen MR) is 120 cm³/mol. The molecule has 0 fully saturated rings. The van der Waals surface area contributed by atoms with Gasteiger partial charge in [-0.2, -0.15) is 0 Å². The molecule has 0 radical (unpaired) electrons. The van der Waals surface area contributed by atoms with Gasteiger partial charge in [0.05, 0.1) is 0 Å². The molecule has 0 unspecified atom stereocenters. The Hall–Kier alpha value is -1.53. The normalized spacial score (nSPS) is 14.9. The van der Waals surface area contributed by atoms with E-state index in [1.165, 1.54) is 60.8 Å². The first kappa shape index (κ1) is 20.2. The monoisotopic (exact) mass is 380 g/mol. The Morgan fingerprint density at radius 2 is 1.63 bits per heavy atom. The molecule has 0 aromatic heterocycles. The third-order valence-corrected chi connectivity index (χ3v) is 5.99. The van der Waals surface area contributed by atoms with Gasteiger partial charge in [-0.25, -0.2) is 0 Å². The maximum absolute atomic E-state index is 6.07. The zero-order valence-electron chi connectivity index (χ0n) is 17.4. The Labute approximate surface area is 170 Å². The lowest BCUT2D eigenvalue weighted by molar-refractivity contribution is 0.580. The molecular weight excluding hydrogens is 348 g/mol. The van der Waals surface area contributed by atoms with Crippen molar-refractivity contribution < 1.29 is 0 Å². The first-order valence-corrected chi connectivity index (χ1v) is 10.9. The highest BCUT2D eigenvalue weighted by molar-refractivity contribution is 6.30. The van der Waals surface area contributed by atoms with E-state index in [1.54, 1.807) is 11.1 Å². The highest BCUT2D eigenvalue weighted by Gasteiger charge is 2.19. The zero-order valence-corrected chi connectivity index (χ0v) is 18.1. The Bertz CT molecular complexity index is 803. The summed E-state index contributed by atoms with van der Waals surface area (Å²) < 4.78 is 0. The molecule has 0 heterocycles. The summed E-state index contributed by atoms with van der Waals surface area (Å²) in [5, 5.41) is 0.820. The van der Waals surface area contributed by atoms with E-state index in [4.69, 9.17) is 11.6 Å². The molecule has 0 aliphatic heterocycles. The SMILES string of the molecule is CCCc1ccc(CCC2=C(c3ccc(Cl)cc3)CCC2)cc1C(C)(C)C. The van der Waals surface area contributed by atoms with Crippen LogP contribution in [-0.2, 0) is 18.3 Å². The first-order valence-electron chi connectivity index (χ1n) is 10.5. The summed E-state index contributed by atoms with van der Waals surface area (Å²) in [6, 6.07) is 15.6. The quantitative estimate of drug-likeness (QED) is 0.474. The molecule has 0 bridgehead atoms. The van der Waals surface area contributed by atoms with E-state index in [9.17, 15) is 0 Å². The number of hydrogen-bond donors (Lipinski definition) is 0. The lowest BCUT2D eigenvalue weighted by Crippen LogP contribution is -2.15. The van der Waals surface area contributed by atoms with Gasteiger partial charge in [0.2, 0.25) is 0 Å². The van der Waals surface area contributed by atoms with Crippen LogP contribution in [0.5, 0.6) is 0 Å². The zero-order chi connectivity index (χ0) is 19.4. The van der Waals surface area contributed by atoms with Gasteiger partial charge in [0.1, 0.15) is 0 Å². The topological polar surface area (TPSA) is 0 Å². The second kappa shape index (κ2) is 8.65. The van der Waals surface area contributed by atoms with E-state index >= 15 is 0 Å². The van der Waals surface area contributed by atoms with Crippen molar-refractivity contribution in [2.45, 2.75) is 78.1 Å². The molecule has 0 N–H and O–H groups in total. The molecule has 3 rings (SSSR count). The molecule has 2 aromatic rings. The highest BCUT2D eigenvalue weighted by atomic mass is 35.5. The van der Waals surface area contributed by atoms with Gasteiger partial charge in [0, 0.05) is 5.02 Å². The Balaban J connectivity index is 1.79. The van der Waals surface area contributed by atoms with Gasteiger partial charge in [0.25, 0.3) is 0 Å². The lowest BCUT2D eigenvalue weighted by atomic mass is 9.81. The van der Waals surface area contributed by atoms with Gasteiger partial charge in [-0.3, -0.25) is 0 Å². The summed E-state index contributed by atoms with van der Waals surface area (Å²) >= 11 is 6.07. The van der Waals surface area contributed by atoms with Gasteiger partial charge in [-0.05, 0) is 83.9 Å². The number of rotatable bonds is 6. The fraction of sp³-hybridized carbons (Fsp3) is 0.462. The Morgan fingerprint density at radius 1 is 0.889 bits per heavy atom. The van der Waals surface area contributed by atoms with E-state index < -0.39 is 0 Å². The summed E-state index contributed by atoms with van der Waals surface area (Å²) in [5.74, 6) is 0. The molecule has 0 spiro atoms. The van der Waals surface area contributed by atoms with E-state index in [1.807, 2.05) is 12.1 Å². The van der Waals surface area contributed by atoms with Crippen LogP contribution in [0.1, 0.15) is 82.1 Å². The Morgan fingerprint density at radius 3 is 2.30 bits per heavy atom. The van der Waals surface area contributed by atoms with Crippen molar-refractivity contribution in [1.29, 1.82) is 0 Å². The summed E-state index contributed by atoms with van der Waals surface area (Å²) in [7, 11) is 0. The average molecular weight is 381 g/mol. The minimum absolute atomic E-state index is 0.210. The van der Waals surface area contributed by atoms with E-state index in [0.29, 0.717) is 0 Å². The molecule has 27 heavy (non-hydrogen) atoms. The molecule has 0 amide bonds. The Kier molecular flexibility index (Phi) is 6.48. The fourth-order valence-electron chi connectivity index (χ4n) is 4.34. The molecule has 0 nitrogen and oxygen atoms in total. The smallest absolute Gasteiger partial charge is 0.0406 e. The number of allylic oxidation sites excluding steroid dienone is 2. The molecule has 144 valence electrons. The first-order chi connectivity index (χ1) is 12.9. The molecule has 0 atom stereocenters. The van der Waals surface area contributed by atoms with E-state index in [-0.39, 0.29) is 5.41 Å². The van der Waals surface area contributed by atoms with Crippen LogP contribution >= 0.6 is 11.6 Å². The molecule has 2 aromatic carbocycles. The van der Waals surface area contributed by atoms with Crippen LogP contribution in [0.3, 0.4) is 0 Å². The van der Waals surface area contributed by atoms with Gasteiger partial charge in [0.15, 0.2) is 0 Å². The number of aryl methyl sites for hydroxylation is 2. The second-order valence-corrected chi connectivity index (χ2v) is 9.37. The van der Waals surface area contributed by atoms with Gasteiger partial charge < -0.3 is 0 Å². The minimum Gasteiger partial charge on any atom is -0.0843 e. The maximum atomic E-state index is 6.07. The molecule has 0 saturated carbocycles. The van der Waals surface area contributed by atoms with Gasteiger partial charge >= 0.3 is 0 Å². The van der Waals surface area contributed by atoms with Crippen molar-refractivity contribution in [2.75, 3.05) is 0 Å². The van der Waals surface area contributed by atoms with Crippen molar-refractivity contribution in [3.8, 4) is 0 Å². The van der Waals surface area contributed by atoms with Crippen molar-refractivity contribution in [2.24, 2.45) is 0 Å². The third kappa shape index (κ3) is 5.05. The van der Waals surface area contributed by atoms with Crippen LogP contribution in [0.4, 0.5) is 0 Å². The summed E-state index contributed by atoms with van der Waals surface area (Å²) in [4.78, 5) is 0. The van der Waals surface area contributed by atoms with Crippen molar-refractivity contribution >= 4 is 17.2 Å². The average Bonchev–Trinajstić information content (AvgIpc) is 3.09. The van der Waals surface area contributed by atoms with Crippen molar-refractivity contribution in [3.63, 3.8) is 0 Å². The number of halogens is 1. The third-order valence-electron chi connectivity index (χ3n) is 5.74. The summed E-state index contributed by atoms with van der Waals surface area (Å²) in [6.07, 6.45) is 8.45. The second-order valence-electron chi connectivity index (χ2n) is 8.93. The number of benzene rings is 2. The van der Waals surface area contributed by atoms with Gasteiger partial charge in [-0.1, -0.05) is 81.6 Å². The summed E-state index contributed by atoms with van der Waals surface area (Å²) in [5.41, 5.74) is 9.31. The standard InChI is InChI=1S/C26H33Cl/c1-5-7-22-13-11-19(18-25(22)26(2,3)4)10-12-20-8-6-9-24(20)21-14-16-23(27)17-15-21/h11,13-18H,5-10,12H2,1-4H3. The van der Waals surface area contributed by atoms with E-state index in [0.717, 1.165) is 11.4 Å². The van der Waals surface area contributed by atoms with Crippen LogP contribution in [-0.4, -0.2) is 0 Å². The van der Waals surface area contributed by atoms with E-state index in [2.05, 4.69) is 58.0 Å². The highest BCUT2D eigenvalue weighted by Crippen LogP contribution is 2.37. The fourth-order valence-corrected chi connectivity index (χ4v) is 4.47. The molecule has 1 heteroatoms. The summed E-state index contributed by atoms with van der Waals surface area (Å²) in [6.45, 7) is 9.28. The number of hydrogen-bond acceptors (Lipinski definition) is 0.